The summed E-state index contributed by atoms with van der Waals surface area (Å²) in [6.45, 7) is 8.20. The Morgan fingerprint density at radius 3 is 1.84 bits per heavy atom. The van der Waals surface area contributed by atoms with Crippen molar-refractivity contribution in [2.45, 2.75) is 57.9 Å². The van der Waals surface area contributed by atoms with E-state index in [0.717, 1.165) is 6.42 Å². The lowest BCUT2D eigenvalue weighted by Crippen LogP contribution is -2.61. The van der Waals surface area contributed by atoms with Crippen LogP contribution in [0.4, 0.5) is 13.2 Å². The van der Waals surface area contributed by atoms with Crippen LogP contribution in [0.2, 0.25) is 0 Å². The topological polar surface area (TPSA) is 32.5 Å². The van der Waals surface area contributed by atoms with Crippen molar-refractivity contribution in [3.63, 3.8) is 0 Å². The van der Waals surface area contributed by atoms with Crippen molar-refractivity contribution >= 4 is 0 Å². The zero-order chi connectivity index (χ0) is 14.6. The fourth-order valence-electron chi connectivity index (χ4n) is 2.66. The van der Waals surface area contributed by atoms with E-state index in [1.54, 1.807) is 6.92 Å². The van der Waals surface area contributed by atoms with Gasteiger partial charge in [-0.05, 0) is 19.8 Å². The van der Waals surface area contributed by atoms with Crippen LogP contribution in [-0.2, 0) is 0 Å². The van der Waals surface area contributed by atoms with Crippen LogP contribution >= 0.6 is 0 Å². The van der Waals surface area contributed by atoms with Gasteiger partial charge in [-0.1, -0.05) is 13.8 Å². The molecule has 114 valence electrons. The molecule has 0 amide bonds. The second kappa shape index (κ2) is 6.90. The molecule has 1 fully saturated rings. The first-order valence-corrected chi connectivity index (χ1v) is 7.11. The SMILES string of the molecule is CCC(N)C(N1CCN(C(C)CC)CC1)C(F)(F)F. The minimum atomic E-state index is -4.24. The maximum Gasteiger partial charge on any atom is 0.405 e. The van der Waals surface area contributed by atoms with E-state index >= 15 is 0 Å². The summed E-state index contributed by atoms with van der Waals surface area (Å²) in [5.41, 5.74) is 5.68. The Labute approximate surface area is 113 Å². The van der Waals surface area contributed by atoms with Crippen molar-refractivity contribution < 1.29 is 13.2 Å². The lowest BCUT2D eigenvalue weighted by molar-refractivity contribution is -0.193. The molecule has 6 heteroatoms. The standard InChI is InChI=1S/C13H26F3N3/c1-4-10(3)18-6-8-19(9-7-18)12(11(17)5-2)13(14,15)16/h10-12H,4-9,17H2,1-3H3. The molecule has 0 bridgehead atoms. The first-order chi connectivity index (χ1) is 8.81. The minimum absolute atomic E-state index is 0.343. The number of nitrogens with zero attached hydrogens (tertiary/aromatic N) is 2. The highest BCUT2D eigenvalue weighted by Gasteiger charge is 2.47. The van der Waals surface area contributed by atoms with Crippen molar-refractivity contribution in [3.05, 3.63) is 0 Å². The Balaban J connectivity index is 2.65. The van der Waals surface area contributed by atoms with Crippen molar-refractivity contribution in [2.24, 2.45) is 5.73 Å². The van der Waals surface area contributed by atoms with Crippen molar-refractivity contribution in [3.8, 4) is 0 Å². The zero-order valence-corrected chi connectivity index (χ0v) is 12.1. The van der Waals surface area contributed by atoms with E-state index in [1.807, 2.05) is 0 Å². The Morgan fingerprint density at radius 2 is 1.47 bits per heavy atom. The van der Waals surface area contributed by atoms with E-state index in [1.165, 1.54) is 4.90 Å². The molecule has 19 heavy (non-hydrogen) atoms. The molecule has 0 aromatic carbocycles. The van der Waals surface area contributed by atoms with Gasteiger partial charge in [-0.2, -0.15) is 13.2 Å². The van der Waals surface area contributed by atoms with Gasteiger partial charge in [0.05, 0.1) is 0 Å². The molecule has 0 aromatic rings. The average Bonchev–Trinajstić information content (AvgIpc) is 2.37. The molecule has 1 aliphatic rings. The quantitative estimate of drug-likeness (QED) is 0.837. The summed E-state index contributed by atoms with van der Waals surface area (Å²) in [5, 5.41) is 0. The first kappa shape index (κ1) is 16.7. The smallest absolute Gasteiger partial charge is 0.326 e. The van der Waals surface area contributed by atoms with Gasteiger partial charge < -0.3 is 5.73 Å². The Hall–Kier alpha value is -0.330. The molecule has 3 nitrogen and oxygen atoms in total. The highest BCUT2D eigenvalue weighted by molar-refractivity contribution is 4.90. The predicted octanol–water partition coefficient (Wildman–Crippen LogP) is 2.07. The monoisotopic (exact) mass is 281 g/mol. The van der Waals surface area contributed by atoms with Crippen LogP contribution in [-0.4, -0.2) is 60.3 Å². The third kappa shape index (κ3) is 4.33. The molecule has 0 saturated carbocycles. The highest BCUT2D eigenvalue weighted by Crippen LogP contribution is 2.28. The third-order valence-corrected chi connectivity index (χ3v) is 4.17. The largest absolute Gasteiger partial charge is 0.405 e. The Kier molecular flexibility index (Phi) is 6.08. The number of nitrogens with two attached hydrogens (primary N) is 1. The molecular weight excluding hydrogens is 255 g/mol. The fourth-order valence-corrected chi connectivity index (χ4v) is 2.66. The number of piperazine rings is 1. The van der Waals surface area contributed by atoms with Crippen LogP contribution in [0, 0.1) is 0 Å². The molecular formula is C13H26F3N3. The van der Waals surface area contributed by atoms with E-state index in [-0.39, 0.29) is 0 Å². The maximum absolute atomic E-state index is 13.1. The fraction of sp³-hybridized carbons (Fsp3) is 1.00. The highest BCUT2D eigenvalue weighted by atomic mass is 19.4. The van der Waals surface area contributed by atoms with Gasteiger partial charge in [-0.3, -0.25) is 9.80 Å². The molecule has 3 unspecified atom stereocenters. The van der Waals surface area contributed by atoms with Crippen LogP contribution in [0.5, 0.6) is 0 Å². The molecule has 0 aromatic heterocycles. The third-order valence-electron chi connectivity index (χ3n) is 4.17. The Bertz CT molecular complexity index is 262. The molecule has 0 spiro atoms. The molecule has 1 saturated heterocycles. The summed E-state index contributed by atoms with van der Waals surface area (Å²) in [6, 6.07) is -1.90. The summed E-state index contributed by atoms with van der Waals surface area (Å²) in [7, 11) is 0. The van der Waals surface area contributed by atoms with E-state index in [9.17, 15) is 13.2 Å². The lowest BCUT2D eigenvalue weighted by atomic mass is 10.0. The van der Waals surface area contributed by atoms with E-state index < -0.39 is 18.3 Å². The Morgan fingerprint density at radius 1 is 1.00 bits per heavy atom. The van der Waals surface area contributed by atoms with Crippen molar-refractivity contribution in [2.75, 3.05) is 26.2 Å². The number of hydrogen-bond donors (Lipinski definition) is 1. The predicted molar refractivity (Wildman–Crippen MR) is 71.0 cm³/mol. The van der Waals surface area contributed by atoms with Crippen LogP contribution < -0.4 is 5.73 Å². The van der Waals surface area contributed by atoms with Crippen LogP contribution in [0.25, 0.3) is 0 Å². The van der Waals surface area contributed by atoms with Gasteiger partial charge >= 0.3 is 6.18 Å². The summed E-state index contributed by atoms with van der Waals surface area (Å²) in [5.74, 6) is 0. The van der Waals surface area contributed by atoms with Crippen LogP contribution in [0.15, 0.2) is 0 Å². The molecule has 0 radical (unpaired) electrons. The number of halogens is 3. The first-order valence-electron chi connectivity index (χ1n) is 7.11. The lowest BCUT2D eigenvalue weighted by Gasteiger charge is -2.43. The molecule has 3 atom stereocenters. The summed E-state index contributed by atoms with van der Waals surface area (Å²) in [4.78, 5) is 3.76. The average molecular weight is 281 g/mol. The van der Waals surface area contributed by atoms with E-state index in [4.69, 9.17) is 5.73 Å². The normalized spacial score (nSPS) is 24.2. The number of alkyl halides is 3. The number of rotatable bonds is 5. The van der Waals surface area contributed by atoms with Crippen LogP contribution in [0.3, 0.4) is 0 Å². The van der Waals surface area contributed by atoms with Gasteiger partial charge in [-0.25, -0.2) is 0 Å². The van der Waals surface area contributed by atoms with Crippen molar-refractivity contribution in [1.82, 2.24) is 9.80 Å². The van der Waals surface area contributed by atoms with E-state index in [2.05, 4.69) is 18.7 Å². The van der Waals surface area contributed by atoms with E-state index in [0.29, 0.717) is 38.6 Å². The van der Waals surface area contributed by atoms with Gasteiger partial charge in [0.2, 0.25) is 0 Å². The van der Waals surface area contributed by atoms with Gasteiger partial charge in [0, 0.05) is 38.3 Å². The van der Waals surface area contributed by atoms with Crippen molar-refractivity contribution in [1.29, 1.82) is 0 Å². The maximum atomic E-state index is 13.1. The second-order valence-electron chi connectivity index (χ2n) is 5.39. The molecule has 0 aliphatic carbocycles. The van der Waals surface area contributed by atoms with Gasteiger partial charge in [0.1, 0.15) is 6.04 Å². The summed E-state index contributed by atoms with van der Waals surface area (Å²) in [6.07, 6.45) is -2.87. The second-order valence-corrected chi connectivity index (χ2v) is 5.39. The van der Waals surface area contributed by atoms with Gasteiger partial charge in [-0.15, -0.1) is 0 Å². The van der Waals surface area contributed by atoms with Gasteiger partial charge in [0.15, 0.2) is 0 Å². The van der Waals surface area contributed by atoms with Gasteiger partial charge in [0.25, 0.3) is 0 Å². The summed E-state index contributed by atoms with van der Waals surface area (Å²) >= 11 is 0. The minimum Gasteiger partial charge on any atom is -0.326 e. The molecule has 2 N–H and O–H groups in total. The van der Waals surface area contributed by atoms with Crippen LogP contribution in [0.1, 0.15) is 33.6 Å². The molecule has 1 aliphatic heterocycles. The molecule has 1 rings (SSSR count). The summed E-state index contributed by atoms with van der Waals surface area (Å²) < 4.78 is 39.4. The zero-order valence-electron chi connectivity index (χ0n) is 12.1. The number of hydrogen-bond acceptors (Lipinski definition) is 3. The molecule has 1 heterocycles.